The number of rotatable bonds is 23. The Kier molecular flexibility index (Phi) is 25.5. The van der Waals surface area contributed by atoms with E-state index in [1.165, 1.54) is 52.0 Å². The molecule has 31 heteroatoms. The number of ether oxygens (including phenoxy) is 5. The predicted molar refractivity (Wildman–Crippen MR) is 303 cm³/mol. The lowest BCUT2D eigenvalue weighted by Gasteiger charge is -2.29. The van der Waals surface area contributed by atoms with E-state index in [9.17, 15) is 63.1 Å². The minimum Gasteiger partial charge on any atom is -0.462 e. The Labute approximate surface area is 494 Å². The average molecular weight is 1250 g/mol. The smallest absolute Gasteiger partial charge is 0.459 e. The molecule has 0 aliphatic carbocycles. The molecule has 464 valence electrons. The van der Waals surface area contributed by atoms with Gasteiger partial charge < -0.3 is 37.8 Å². The molecule has 2 saturated heterocycles. The standard InChI is InChI=1S/C27H35N4O10P.C23H29N4O9P.C4H7ClO/c1-16(2)23(33)40-22-20(39-25(27(22,6)15-28)31-13-12-21(32)29-26(31)35)14-37-42(36,41-19-10-8-7-9-11-19)30-18(5)24(34)38-17(3)4;1-14(2)34-20(30)15(3)26-37(32,36-16-8-6-5-7-9-16)33-12-17-19(29)23(4,13-24)21(35-17)27-11-10-18(28)25-22(27)31;1-3(2)4(5)6/h7-13,16-18,20,22,25H,14H2,1-6H3,(H,30,36)(H,29,32,35);5-11,14-15,17,19,21,29H,12H2,1-4H3,(H,26,32)(H,25,28,31);3H,1-2H3/t18-,20+,22+,25+,27+,42?;15-,17+,19+,21+,23+,37?;/m00./s1. The summed E-state index contributed by atoms with van der Waals surface area (Å²) in [5, 5.41) is 35.7. The number of benzene rings is 2. The van der Waals surface area contributed by atoms with Crippen LogP contribution in [0.2, 0.25) is 0 Å². The number of carbonyl (C=O) groups is 4. The van der Waals surface area contributed by atoms with Gasteiger partial charge in [0.05, 0.1) is 43.5 Å². The summed E-state index contributed by atoms with van der Waals surface area (Å²) in [6.07, 6.45) is -6.47. The number of nitriles is 2. The Morgan fingerprint density at radius 3 is 1.36 bits per heavy atom. The molecule has 0 amide bonds. The number of aromatic amines is 2. The van der Waals surface area contributed by atoms with Crippen molar-refractivity contribution in [3.63, 3.8) is 0 Å². The van der Waals surface area contributed by atoms with Crippen LogP contribution in [0.15, 0.2) is 104 Å². The lowest BCUT2D eigenvalue weighted by Crippen LogP contribution is -2.44. The van der Waals surface area contributed by atoms with E-state index in [2.05, 4.69) is 26.2 Å². The van der Waals surface area contributed by atoms with Gasteiger partial charge in [-0.25, -0.2) is 18.7 Å². The highest BCUT2D eigenvalue weighted by Crippen LogP contribution is 2.51. The molecule has 0 bridgehead atoms. The van der Waals surface area contributed by atoms with Crippen molar-refractivity contribution in [3.8, 4) is 23.6 Å². The third kappa shape index (κ3) is 19.5. The van der Waals surface area contributed by atoms with Crippen molar-refractivity contribution in [2.75, 3.05) is 13.2 Å². The zero-order valence-corrected chi connectivity index (χ0v) is 51.2. The lowest BCUT2D eigenvalue weighted by molar-refractivity contribution is -0.159. The SMILES string of the molecule is CC(C)C(=O)Cl.CC(C)OC(=O)[C@H](C)NP(=O)(OC[C@H]1O[C@@H](n2ccc(=O)[nH]c2=O)[C@](C)(C#N)[C@@H]1O)Oc1ccccc1.CC(C)OC(=O)[C@H](C)NP(=O)(OC[C@H]1O[C@@H](n2ccc(=O)[nH]c2=O)[C@](C)(C#N)[C@@H]1OC(=O)C(C)C)Oc1ccccc1. The first kappa shape index (κ1) is 70.4. The molecule has 0 spiro atoms. The molecular weight excluding hydrogens is 1180 g/mol. The van der Waals surface area contributed by atoms with Gasteiger partial charge in [0.25, 0.3) is 11.1 Å². The van der Waals surface area contributed by atoms with Crippen molar-refractivity contribution < 1.29 is 75.2 Å². The maximum absolute atomic E-state index is 14.0. The Bertz CT molecular complexity index is 3370. The van der Waals surface area contributed by atoms with E-state index < -0.39 is 147 Å². The molecule has 2 aliphatic heterocycles. The Morgan fingerprint density at radius 1 is 0.635 bits per heavy atom. The molecule has 2 aromatic heterocycles. The molecule has 4 aromatic rings. The van der Waals surface area contributed by atoms with Gasteiger partial charge >= 0.3 is 44.8 Å². The second-order valence-electron chi connectivity index (χ2n) is 20.9. The summed E-state index contributed by atoms with van der Waals surface area (Å²) in [6, 6.07) is 20.1. The summed E-state index contributed by atoms with van der Waals surface area (Å²) in [4.78, 5) is 99.5. The lowest BCUT2D eigenvalue weighted by atomic mass is 9.83. The number of aliphatic hydroxyl groups excluding tert-OH is 1. The monoisotopic (exact) mass is 1250 g/mol. The van der Waals surface area contributed by atoms with Crippen molar-refractivity contribution in [2.45, 2.75) is 144 Å². The quantitative estimate of drug-likeness (QED) is 0.0264. The summed E-state index contributed by atoms with van der Waals surface area (Å²) in [6.45, 7) is 17.9. The normalized spacial score (nSPS) is 23.7. The van der Waals surface area contributed by atoms with Gasteiger partial charge in [0, 0.05) is 30.4 Å². The molecule has 2 unspecified atom stereocenters. The second-order valence-corrected chi connectivity index (χ2v) is 24.6. The van der Waals surface area contributed by atoms with E-state index in [-0.39, 0.29) is 22.7 Å². The minimum atomic E-state index is -4.36. The van der Waals surface area contributed by atoms with Gasteiger partial charge in [-0.2, -0.15) is 20.7 Å². The average Bonchev–Trinajstić information content (AvgIpc) is 3.22. The largest absolute Gasteiger partial charge is 0.462 e. The van der Waals surface area contributed by atoms with Crippen molar-refractivity contribution in [3.05, 3.63) is 127 Å². The molecule has 85 heavy (non-hydrogen) atoms. The van der Waals surface area contributed by atoms with E-state index in [0.717, 1.165) is 33.7 Å². The second kappa shape index (κ2) is 30.8. The molecule has 12 atom stereocenters. The summed E-state index contributed by atoms with van der Waals surface area (Å²) in [5.74, 6) is -2.32. The molecule has 0 saturated carbocycles. The van der Waals surface area contributed by atoms with Gasteiger partial charge in [-0.05, 0) is 91.3 Å². The van der Waals surface area contributed by atoms with E-state index in [0.29, 0.717) is 0 Å². The molecule has 28 nitrogen and oxygen atoms in total. The van der Waals surface area contributed by atoms with Gasteiger partial charge in [-0.3, -0.25) is 56.9 Å². The van der Waals surface area contributed by atoms with E-state index in [4.69, 9.17) is 53.4 Å². The fourth-order valence-corrected chi connectivity index (χ4v) is 10.7. The summed E-state index contributed by atoms with van der Waals surface area (Å²) >= 11 is 4.97. The van der Waals surface area contributed by atoms with Crippen LogP contribution in [-0.2, 0) is 61.0 Å². The van der Waals surface area contributed by atoms with Crippen molar-refractivity contribution in [1.29, 1.82) is 10.5 Å². The van der Waals surface area contributed by atoms with Gasteiger partial charge in [-0.15, -0.1) is 0 Å². The first-order valence-corrected chi connectivity index (χ1v) is 30.0. The highest BCUT2D eigenvalue weighted by molar-refractivity contribution is 7.52. The predicted octanol–water partition coefficient (Wildman–Crippen LogP) is 5.53. The number of aromatic nitrogens is 4. The number of para-hydroxylation sites is 2. The number of nitrogens with one attached hydrogen (secondary N) is 4. The zero-order valence-electron chi connectivity index (χ0n) is 48.7. The number of hydrogen-bond donors (Lipinski definition) is 5. The van der Waals surface area contributed by atoms with Crippen molar-refractivity contribution in [2.24, 2.45) is 22.7 Å². The van der Waals surface area contributed by atoms with Crippen LogP contribution in [-0.4, -0.2) is 109 Å². The number of esters is 3. The van der Waals surface area contributed by atoms with E-state index >= 15 is 0 Å². The summed E-state index contributed by atoms with van der Waals surface area (Å²) in [7, 11) is -8.63. The molecule has 2 aromatic carbocycles. The number of aliphatic hydroxyl groups is 1. The van der Waals surface area contributed by atoms with Gasteiger partial charge in [0.2, 0.25) is 5.24 Å². The van der Waals surface area contributed by atoms with Crippen LogP contribution in [0.4, 0.5) is 0 Å². The number of H-pyrrole nitrogens is 2. The molecule has 2 aliphatic rings. The van der Waals surface area contributed by atoms with Crippen LogP contribution in [0.5, 0.6) is 11.5 Å². The maximum atomic E-state index is 14.0. The number of hydrogen-bond acceptors (Lipinski definition) is 22. The van der Waals surface area contributed by atoms with Crippen LogP contribution in [0, 0.1) is 45.3 Å². The van der Waals surface area contributed by atoms with Gasteiger partial charge in [0.1, 0.15) is 52.7 Å². The number of halogens is 1. The summed E-state index contributed by atoms with van der Waals surface area (Å²) in [5.41, 5.74) is -6.31. The van der Waals surface area contributed by atoms with Crippen molar-refractivity contribution >= 4 is 50.2 Å². The van der Waals surface area contributed by atoms with E-state index in [1.807, 2.05) is 6.07 Å². The molecule has 0 radical (unpaired) electrons. The Morgan fingerprint density at radius 2 is 1.01 bits per heavy atom. The molecule has 4 heterocycles. The third-order valence-electron chi connectivity index (χ3n) is 12.3. The van der Waals surface area contributed by atoms with Crippen LogP contribution in [0.25, 0.3) is 0 Å². The van der Waals surface area contributed by atoms with Crippen LogP contribution < -0.4 is 41.7 Å². The summed E-state index contributed by atoms with van der Waals surface area (Å²) < 4.78 is 79.9. The number of nitrogens with zero attached hydrogens (tertiary/aromatic N) is 4. The van der Waals surface area contributed by atoms with Crippen LogP contribution >= 0.6 is 27.1 Å². The topological polar surface area (TPSA) is 387 Å². The fraction of sp³-hybridized carbons (Fsp3) is 0.519. The molecule has 5 N–H and O–H groups in total. The van der Waals surface area contributed by atoms with Gasteiger partial charge in [-0.1, -0.05) is 64.1 Å². The minimum absolute atomic E-state index is 0.0216. The van der Waals surface area contributed by atoms with Crippen LogP contribution in [0.1, 0.15) is 95.5 Å². The highest BCUT2D eigenvalue weighted by atomic mass is 35.5. The maximum Gasteiger partial charge on any atom is 0.459 e. The van der Waals surface area contributed by atoms with Gasteiger partial charge in [0.15, 0.2) is 18.6 Å². The first-order chi connectivity index (χ1) is 39.7. The molecular formula is C54H71ClN8O20P2. The zero-order chi connectivity index (χ0) is 63.8. The first-order valence-electron chi connectivity index (χ1n) is 26.5. The fourth-order valence-electron chi connectivity index (χ4n) is 7.72. The molecule has 2 fully saturated rings. The van der Waals surface area contributed by atoms with E-state index in [1.54, 1.807) is 91.8 Å². The third-order valence-corrected chi connectivity index (χ3v) is 16.0. The molecule has 6 rings (SSSR count). The van der Waals surface area contributed by atoms with Crippen LogP contribution in [0.3, 0.4) is 0 Å². The Hall–Kier alpha value is -7.07. The Balaban J connectivity index is 0.000000334. The number of carbonyl (C=O) groups excluding carboxylic acids is 4. The highest BCUT2D eigenvalue weighted by Gasteiger charge is 2.59. The van der Waals surface area contributed by atoms with Crippen molar-refractivity contribution in [1.82, 2.24) is 29.3 Å².